The average Bonchev–Trinajstić information content (AvgIpc) is 3.00. The number of aromatic amines is 1. The third-order valence-electron chi connectivity index (χ3n) is 4.22. The SMILES string of the molecule is CNCCN(C)Cc1c[nH]nc1-c1ccc(OCC2COC2)cc1. The van der Waals surface area contributed by atoms with Gasteiger partial charge in [-0.1, -0.05) is 0 Å². The molecule has 6 heteroatoms. The maximum Gasteiger partial charge on any atom is 0.119 e. The molecule has 0 atom stereocenters. The summed E-state index contributed by atoms with van der Waals surface area (Å²) in [7, 11) is 4.09. The Bertz CT molecular complexity index is 622. The van der Waals surface area contributed by atoms with E-state index >= 15 is 0 Å². The van der Waals surface area contributed by atoms with Gasteiger partial charge >= 0.3 is 0 Å². The molecule has 1 fully saturated rings. The normalized spacial score (nSPS) is 14.8. The quantitative estimate of drug-likeness (QED) is 0.733. The summed E-state index contributed by atoms with van der Waals surface area (Å²) in [6, 6.07) is 8.16. The maximum absolute atomic E-state index is 5.80. The first-order chi connectivity index (χ1) is 11.8. The van der Waals surface area contributed by atoms with Gasteiger partial charge in [-0.2, -0.15) is 5.10 Å². The molecule has 2 N–H and O–H groups in total. The molecule has 0 amide bonds. The van der Waals surface area contributed by atoms with Crippen LogP contribution in [-0.2, 0) is 11.3 Å². The second-order valence-corrected chi connectivity index (χ2v) is 6.34. The topological polar surface area (TPSA) is 62.4 Å². The molecule has 3 rings (SSSR count). The van der Waals surface area contributed by atoms with Gasteiger partial charge in [-0.25, -0.2) is 0 Å². The van der Waals surface area contributed by atoms with Crippen LogP contribution in [0.5, 0.6) is 5.75 Å². The Hall–Kier alpha value is -1.89. The van der Waals surface area contributed by atoms with Gasteiger partial charge in [0.1, 0.15) is 5.75 Å². The van der Waals surface area contributed by atoms with Crippen molar-refractivity contribution in [3.63, 3.8) is 0 Å². The lowest BCUT2D eigenvalue weighted by atomic mass is 10.1. The van der Waals surface area contributed by atoms with Gasteiger partial charge in [0, 0.05) is 42.9 Å². The van der Waals surface area contributed by atoms with Crippen LogP contribution in [-0.4, -0.2) is 62.1 Å². The van der Waals surface area contributed by atoms with Crippen LogP contribution in [0, 0.1) is 5.92 Å². The standard InChI is InChI=1S/C18H26N4O2/c1-19-7-8-22(2)10-16-9-20-21-18(16)15-3-5-17(6-4-15)24-13-14-11-23-12-14/h3-6,9,14,19H,7-8,10-13H2,1-2H3,(H,20,21). The molecule has 6 nitrogen and oxygen atoms in total. The van der Waals surface area contributed by atoms with E-state index in [9.17, 15) is 0 Å². The van der Waals surface area contributed by atoms with Crippen LogP contribution >= 0.6 is 0 Å². The lowest BCUT2D eigenvalue weighted by molar-refractivity contribution is -0.0508. The van der Waals surface area contributed by atoms with Gasteiger partial charge < -0.3 is 19.7 Å². The Morgan fingerprint density at radius 2 is 2.12 bits per heavy atom. The summed E-state index contributed by atoms with van der Waals surface area (Å²) in [5.41, 5.74) is 3.31. The van der Waals surface area contributed by atoms with Crippen LogP contribution in [0.4, 0.5) is 0 Å². The molecule has 1 aromatic carbocycles. The van der Waals surface area contributed by atoms with Crippen molar-refractivity contribution in [1.29, 1.82) is 0 Å². The summed E-state index contributed by atoms with van der Waals surface area (Å²) in [5.74, 6) is 1.43. The van der Waals surface area contributed by atoms with E-state index in [4.69, 9.17) is 9.47 Å². The van der Waals surface area contributed by atoms with Gasteiger partial charge in [0.05, 0.1) is 25.5 Å². The number of nitrogens with zero attached hydrogens (tertiary/aromatic N) is 2. The lowest BCUT2D eigenvalue weighted by Gasteiger charge is -2.25. The largest absolute Gasteiger partial charge is 0.493 e. The zero-order valence-corrected chi connectivity index (χ0v) is 14.4. The molecule has 24 heavy (non-hydrogen) atoms. The fourth-order valence-electron chi connectivity index (χ4n) is 2.66. The highest BCUT2D eigenvalue weighted by Crippen LogP contribution is 2.25. The van der Waals surface area contributed by atoms with E-state index in [2.05, 4.69) is 39.6 Å². The number of rotatable bonds is 9. The number of H-pyrrole nitrogens is 1. The molecule has 1 aliphatic rings. The molecule has 0 saturated carbocycles. The molecule has 0 spiro atoms. The van der Waals surface area contributed by atoms with E-state index in [1.807, 2.05) is 25.4 Å². The van der Waals surface area contributed by atoms with Gasteiger partial charge in [0.25, 0.3) is 0 Å². The van der Waals surface area contributed by atoms with Gasteiger partial charge in [0.2, 0.25) is 0 Å². The average molecular weight is 330 g/mol. The van der Waals surface area contributed by atoms with Crippen molar-refractivity contribution in [1.82, 2.24) is 20.4 Å². The van der Waals surface area contributed by atoms with E-state index in [1.54, 1.807) is 0 Å². The number of nitrogens with one attached hydrogen (secondary N) is 2. The van der Waals surface area contributed by atoms with E-state index in [0.29, 0.717) is 5.92 Å². The minimum absolute atomic E-state index is 0.538. The number of hydrogen-bond acceptors (Lipinski definition) is 5. The first-order valence-electron chi connectivity index (χ1n) is 8.43. The summed E-state index contributed by atoms with van der Waals surface area (Å²) in [4.78, 5) is 2.28. The lowest BCUT2D eigenvalue weighted by Crippen LogP contribution is -2.32. The van der Waals surface area contributed by atoms with Crippen molar-refractivity contribution >= 4 is 0 Å². The zero-order valence-electron chi connectivity index (χ0n) is 14.4. The third kappa shape index (κ3) is 4.35. The summed E-state index contributed by atoms with van der Waals surface area (Å²) >= 11 is 0. The molecule has 0 unspecified atom stereocenters. The molecule has 1 aromatic heterocycles. The number of benzene rings is 1. The highest BCUT2D eigenvalue weighted by Gasteiger charge is 2.19. The maximum atomic E-state index is 5.80. The molecule has 1 aliphatic heterocycles. The predicted molar refractivity (Wildman–Crippen MR) is 94.1 cm³/mol. The van der Waals surface area contributed by atoms with Gasteiger partial charge in [-0.15, -0.1) is 0 Å². The summed E-state index contributed by atoms with van der Waals surface area (Å²) < 4.78 is 11.0. The minimum Gasteiger partial charge on any atom is -0.493 e. The highest BCUT2D eigenvalue weighted by atomic mass is 16.5. The Kier molecular flexibility index (Phi) is 5.85. The third-order valence-corrected chi connectivity index (χ3v) is 4.22. The van der Waals surface area contributed by atoms with E-state index in [1.165, 1.54) is 5.56 Å². The number of hydrogen-bond donors (Lipinski definition) is 2. The number of likely N-dealkylation sites (N-methyl/N-ethyl adjacent to an activating group) is 2. The van der Waals surface area contributed by atoms with Crippen LogP contribution in [0.1, 0.15) is 5.56 Å². The van der Waals surface area contributed by atoms with Crippen LogP contribution in [0.3, 0.4) is 0 Å². The molecule has 0 aliphatic carbocycles. The van der Waals surface area contributed by atoms with Crippen LogP contribution in [0.2, 0.25) is 0 Å². The molecule has 1 saturated heterocycles. The van der Waals surface area contributed by atoms with Crippen molar-refractivity contribution < 1.29 is 9.47 Å². The molecule has 0 bridgehead atoms. The van der Waals surface area contributed by atoms with E-state index < -0.39 is 0 Å². The second-order valence-electron chi connectivity index (χ2n) is 6.34. The van der Waals surface area contributed by atoms with Crippen LogP contribution in [0.25, 0.3) is 11.3 Å². The molecule has 130 valence electrons. The molecule has 2 aromatic rings. The van der Waals surface area contributed by atoms with E-state index in [-0.39, 0.29) is 0 Å². The van der Waals surface area contributed by atoms with Gasteiger partial charge in [-0.3, -0.25) is 5.10 Å². The summed E-state index contributed by atoms with van der Waals surface area (Å²) in [5, 5.41) is 10.6. The smallest absolute Gasteiger partial charge is 0.119 e. The van der Waals surface area contributed by atoms with Crippen molar-refractivity contribution in [2.75, 3.05) is 47.0 Å². The van der Waals surface area contributed by atoms with Crippen molar-refractivity contribution in [2.45, 2.75) is 6.54 Å². The highest BCUT2D eigenvalue weighted by molar-refractivity contribution is 5.63. The predicted octanol–water partition coefficient (Wildman–Crippen LogP) is 1.75. The van der Waals surface area contributed by atoms with Crippen LogP contribution in [0.15, 0.2) is 30.5 Å². The minimum atomic E-state index is 0.538. The first-order valence-corrected chi connectivity index (χ1v) is 8.43. The molecule has 0 radical (unpaired) electrons. The van der Waals surface area contributed by atoms with Crippen molar-refractivity contribution in [3.05, 3.63) is 36.0 Å². The van der Waals surface area contributed by atoms with Crippen molar-refractivity contribution in [2.24, 2.45) is 5.92 Å². The van der Waals surface area contributed by atoms with E-state index in [0.717, 1.165) is 56.5 Å². The molecular weight excluding hydrogens is 304 g/mol. The number of ether oxygens (including phenoxy) is 2. The molecular formula is C18H26N4O2. The fourth-order valence-corrected chi connectivity index (χ4v) is 2.66. The Morgan fingerprint density at radius 1 is 1.33 bits per heavy atom. The Labute approximate surface area is 143 Å². The monoisotopic (exact) mass is 330 g/mol. The summed E-state index contributed by atoms with van der Waals surface area (Å²) in [6.45, 7) is 5.20. The van der Waals surface area contributed by atoms with Crippen molar-refractivity contribution in [3.8, 4) is 17.0 Å². The van der Waals surface area contributed by atoms with Gasteiger partial charge in [0.15, 0.2) is 0 Å². The Balaban J connectivity index is 1.60. The van der Waals surface area contributed by atoms with Gasteiger partial charge in [-0.05, 0) is 38.4 Å². The zero-order chi connectivity index (χ0) is 16.8. The fraction of sp³-hybridized carbons (Fsp3) is 0.500. The summed E-state index contributed by atoms with van der Waals surface area (Å²) in [6.07, 6.45) is 1.98. The molecule has 2 heterocycles. The first kappa shape index (κ1) is 17.0. The number of aromatic nitrogens is 2. The van der Waals surface area contributed by atoms with Crippen LogP contribution < -0.4 is 10.1 Å². The Morgan fingerprint density at radius 3 is 2.79 bits per heavy atom. The second kappa shape index (κ2) is 8.28.